The van der Waals surface area contributed by atoms with Crippen LogP contribution in [0.5, 0.6) is 0 Å². The van der Waals surface area contributed by atoms with Gasteiger partial charge in [0, 0.05) is 48.8 Å². The van der Waals surface area contributed by atoms with Crippen molar-refractivity contribution in [2.75, 3.05) is 19.1 Å². The minimum Gasteiger partial charge on any atom is -0.400 e. The molecule has 0 unspecified atom stereocenters. The zero-order valence-electron chi connectivity index (χ0n) is 20.6. The molecule has 0 atom stereocenters. The van der Waals surface area contributed by atoms with Crippen molar-refractivity contribution in [2.24, 2.45) is 7.05 Å². The maximum Gasteiger partial charge on any atom is 0.212 e. The van der Waals surface area contributed by atoms with Crippen molar-refractivity contribution in [3.8, 4) is 0 Å². The Hall–Kier alpha value is -3.40. The van der Waals surface area contributed by atoms with E-state index in [0.29, 0.717) is 0 Å². The Balaban J connectivity index is 0.00000141. The highest BCUT2D eigenvalue weighted by Gasteiger charge is 2.16. The molecule has 0 saturated carbocycles. The lowest BCUT2D eigenvalue weighted by Crippen LogP contribution is -2.28. The fraction of sp³-hybridized carbons (Fsp3) is 0.194. The molecule has 178 valence electrons. The van der Waals surface area contributed by atoms with Gasteiger partial charge in [-0.2, -0.15) is 0 Å². The lowest BCUT2D eigenvalue weighted by atomic mass is 9.92. The molecule has 2 heterocycles. The van der Waals surface area contributed by atoms with Gasteiger partial charge in [-0.3, -0.25) is 0 Å². The van der Waals surface area contributed by atoms with Crippen molar-refractivity contribution in [3.05, 3.63) is 119 Å². The topological polar surface area (TPSA) is 27.4 Å². The van der Waals surface area contributed by atoms with Crippen molar-refractivity contribution < 1.29 is 9.67 Å². The largest absolute Gasteiger partial charge is 0.400 e. The highest BCUT2D eigenvalue weighted by atomic mass is 35.5. The quantitative estimate of drug-likeness (QED) is 0.409. The fourth-order valence-corrected chi connectivity index (χ4v) is 4.97. The number of aryl methyl sites for hydroxylation is 1. The molecule has 1 N–H and O–H groups in total. The Labute approximate surface area is 213 Å². The van der Waals surface area contributed by atoms with Gasteiger partial charge in [0.2, 0.25) is 5.52 Å². The van der Waals surface area contributed by atoms with Gasteiger partial charge < -0.3 is 10.0 Å². The predicted octanol–water partition coefficient (Wildman–Crippen LogP) is 6.94. The molecule has 0 bridgehead atoms. The van der Waals surface area contributed by atoms with Crippen LogP contribution in [0, 0.1) is 0 Å². The van der Waals surface area contributed by atoms with E-state index in [1.54, 1.807) is 0 Å². The number of aliphatic hydroxyl groups is 1. The van der Waals surface area contributed by atoms with E-state index in [-0.39, 0.29) is 0 Å². The zero-order chi connectivity index (χ0) is 24.8. The van der Waals surface area contributed by atoms with Crippen LogP contribution in [0.25, 0.3) is 22.6 Å². The van der Waals surface area contributed by atoms with Crippen LogP contribution in [0.15, 0.2) is 107 Å². The summed E-state index contributed by atoms with van der Waals surface area (Å²) >= 11 is 6.90. The van der Waals surface area contributed by atoms with Gasteiger partial charge in [0.25, 0.3) is 0 Å². The third-order valence-electron chi connectivity index (χ3n) is 6.53. The standard InChI is InChI=1S/C30H28ClN2.CH4O/c1-32-20-18-22(26-10-3-5-12-28(26)32)14-16-24-8-7-9-25(30(24)31)17-15-23-19-21-33(2)29-13-6-4-11-27(23)29;1-2/h3-6,10-21H,7-9H2,1-2H3;2H,1H3/q+1;. The van der Waals surface area contributed by atoms with E-state index in [0.717, 1.165) is 31.4 Å². The van der Waals surface area contributed by atoms with E-state index in [2.05, 4.69) is 121 Å². The molecule has 0 amide bonds. The number of benzene rings is 2. The number of pyridine rings is 1. The Kier molecular flexibility index (Phi) is 8.02. The van der Waals surface area contributed by atoms with Crippen molar-refractivity contribution >= 4 is 39.8 Å². The van der Waals surface area contributed by atoms with Crippen molar-refractivity contribution in [1.82, 2.24) is 0 Å². The number of fused-ring (bicyclic) bond motifs is 2. The number of nitrogens with zero attached hydrogens (tertiary/aromatic N) is 2. The van der Waals surface area contributed by atoms with Crippen LogP contribution >= 0.6 is 11.6 Å². The lowest BCUT2D eigenvalue weighted by Gasteiger charge is -2.23. The van der Waals surface area contributed by atoms with Gasteiger partial charge in [-0.1, -0.05) is 66.2 Å². The maximum atomic E-state index is 7.00. The third kappa shape index (κ3) is 5.32. The molecule has 0 spiro atoms. The summed E-state index contributed by atoms with van der Waals surface area (Å²) in [7, 11) is 5.17. The average Bonchev–Trinajstić information content (AvgIpc) is 2.91. The molecule has 35 heavy (non-hydrogen) atoms. The highest BCUT2D eigenvalue weighted by molar-refractivity contribution is 6.32. The number of anilines is 1. The summed E-state index contributed by atoms with van der Waals surface area (Å²) in [5.74, 6) is 0. The van der Waals surface area contributed by atoms with E-state index in [1.165, 1.54) is 44.4 Å². The first-order valence-electron chi connectivity index (χ1n) is 11.9. The van der Waals surface area contributed by atoms with Gasteiger partial charge in [0.1, 0.15) is 7.05 Å². The number of aromatic nitrogens is 1. The molecule has 0 saturated heterocycles. The summed E-state index contributed by atoms with van der Waals surface area (Å²) in [5, 5.41) is 9.14. The summed E-state index contributed by atoms with van der Waals surface area (Å²) in [4.78, 5) is 2.16. The summed E-state index contributed by atoms with van der Waals surface area (Å²) in [6, 6.07) is 19.2. The number of hydrogen-bond donors (Lipinski definition) is 1. The fourth-order valence-electron chi connectivity index (χ4n) is 4.65. The number of aliphatic hydroxyl groups excluding tert-OH is 1. The third-order valence-corrected chi connectivity index (χ3v) is 7.02. The Morgan fingerprint density at radius 3 is 2.57 bits per heavy atom. The number of para-hydroxylation sites is 2. The zero-order valence-corrected chi connectivity index (χ0v) is 21.3. The highest BCUT2D eigenvalue weighted by Crippen LogP contribution is 2.35. The van der Waals surface area contributed by atoms with E-state index in [1.807, 2.05) is 0 Å². The Morgan fingerprint density at radius 2 is 1.71 bits per heavy atom. The predicted molar refractivity (Wildman–Crippen MR) is 149 cm³/mol. The van der Waals surface area contributed by atoms with E-state index in [9.17, 15) is 0 Å². The van der Waals surface area contributed by atoms with E-state index in [4.69, 9.17) is 16.7 Å². The van der Waals surface area contributed by atoms with Crippen LogP contribution in [0.3, 0.4) is 0 Å². The van der Waals surface area contributed by atoms with Crippen molar-refractivity contribution in [2.45, 2.75) is 19.3 Å². The van der Waals surface area contributed by atoms with Gasteiger partial charge in [-0.15, -0.1) is 0 Å². The summed E-state index contributed by atoms with van der Waals surface area (Å²) in [6.07, 6.45) is 18.3. The average molecular weight is 484 g/mol. The molecule has 2 aromatic carbocycles. The smallest absolute Gasteiger partial charge is 0.212 e. The molecule has 3 nitrogen and oxygen atoms in total. The molecule has 5 rings (SSSR count). The normalized spacial score (nSPS) is 17.8. The van der Waals surface area contributed by atoms with Gasteiger partial charge in [-0.05, 0) is 59.8 Å². The number of allylic oxidation sites excluding steroid dienone is 8. The Bertz CT molecular complexity index is 1380. The second kappa shape index (κ2) is 11.4. The van der Waals surface area contributed by atoms with Crippen molar-refractivity contribution in [3.63, 3.8) is 0 Å². The number of hydrogen-bond acceptors (Lipinski definition) is 2. The molecule has 1 aliphatic carbocycles. The van der Waals surface area contributed by atoms with Crippen LogP contribution in [-0.2, 0) is 7.05 Å². The molecule has 0 fully saturated rings. The van der Waals surface area contributed by atoms with E-state index >= 15 is 0 Å². The minimum atomic E-state index is 0.894. The molecule has 2 aliphatic rings. The van der Waals surface area contributed by atoms with Gasteiger partial charge >= 0.3 is 0 Å². The first-order chi connectivity index (χ1) is 17.1. The van der Waals surface area contributed by atoms with E-state index < -0.39 is 0 Å². The van der Waals surface area contributed by atoms with Crippen LogP contribution < -0.4 is 9.47 Å². The Morgan fingerprint density at radius 1 is 0.943 bits per heavy atom. The first kappa shape index (κ1) is 24.7. The molecular weight excluding hydrogens is 452 g/mol. The second-order valence-electron chi connectivity index (χ2n) is 8.68. The molecule has 3 aromatic rings. The minimum absolute atomic E-state index is 0.894. The molecule has 1 aliphatic heterocycles. The lowest BCUT2D eigenvalue weighted by molar-refractivity contribution is -0.644. The summed E-state index contributed by atoms with van der Waals surface area (Å²) in [6.45, 7) is 0. The monoisotopic (exact) mass is 483 g/mol. The molecule has 4 heteroatoms. The summed E-state index contributed by atoms with van der Waals surface area (Å²) in [5.41, 5.74) is 8.55. The summed E-state index contributed by atoms with van der Waals surface area (Å²) < 4.78 is 2.16. The number of rotatable bonds is 3. The van der Waals surface area contributed by atoms with Crippen LogP contribution in [0.1, 0.15) is 30.4 Å². The van der Waals surface area contributed by atoms with Crippen molar-refractivity contribution in [1.29, 1.82) is 0 Å². The maximum absolute atomic E-state index is 7.00. The molecule has 1 aromatic heterocycles. The van der Waals surface area contributed by atoms with Gasteiger partial charge in [0.05, 0.1) is 5.39 Å². The molecule has 0 radical (unpaired) electrons. The second-order valence-corrected chi connectivity index (χ2v) is 9.06. The van der Waals surface area contributed by atoms with Gasteiger partial charge in [0.15, 0.2) is 6.20 Å². The SMILES string of the molecule is CN1C=C/C(=C/C=C2\CCCC(/C=C/c3cc[n+](C)c4ccccc34)=C2Cl)c2ccccc21.CO. The van der Waals surface area contributed by atoms with Crippen LogP contribution in [-0.4, -0.2) is 19.3 Å². The van der Waals surface area contributed by atoms with Crippen LogP contribution in [0.2, 0.25) is 0 Å². The number of halogens is 1. The van der Waals surface area contributed by atoms with Crippen LogP contribution in [0.4, 0.5) is 5.69 Å². The first-order valence-corrected chi connectivity index (χ1v) is 12.3. The molecular formula is C31H32ClN2O+. The van der Waals surface area contributed by atoms with Gasteiger partial charge in [-0.25, -0.2) is 4.57 Å².